The van der Waals surface area contributed by atoms with Crippen LogP contribution in [0.25, 0.3) is 0 Å². The Hall–Kier alpha value is -2.81. The lowest BCUT2D eigenvalue weighted by Crippen LogP contribution is -2.13. The Balaban J connectivity index is 2.37. The molecule has 0 saturated heterocycles. The summed E-state index contributed by atoms with van der Waals surface area (Å²) in [5, 5.41) is 10.6. The molecule has 2 aromatic carbocycles. The van der Waals surface area contributed by atoms with Crippen molar-refractivity contribution in [3.05, 3.63) is 62.7 Å². The summed E-state index contributed by atoms with van der Waals surface area (Å²) in [6.07, 6.45) is -4.57. The van der Waals surface area contributed by atoms with Gasteiger partial charge >= 0.3 is 6.18 Å². The summed E-state index contributed by atoms with van der Waals surface area (Å²) >= 11 is 5.74. The van der Waals surface area contributed by atoms with Crippen LogP contribution in [0.3, 0.4) is 0 Å². The van der Waals surface area contributed by atoms with Gasteiger partial charge in [0.05, 0.1) is 21.6 Å². The van der Waals surface area contributed by atoms with E-state index < -0.39 is 28.3 Å². The standard InChI is InChI=1S/C14H8ClF3N2O4/c15-10-5-7(14(16,17)18)1-4-12(10)24-8-2-3-9(13(19)21)11(6-8)20(22)23/h1-6H,(H2,19,21). The highest BCUT2D eigenvalue weighted by atomic mass is 35.5. The van der Waals surface area contributed by atoms with E-state index in [1.165, 1.54) is 6.07 Å². The van der Waals surface area contributed by atoms with E-state index >= 15 is 0 Å². The maximum atomic E-state index is 12.6. The fraction of sp³-hybridized carbons (Fsp3) is 0.0714. The topological polar surface area (TPSA) is 95.5 Å². The van der Waals surface area contributed by atoms with Gasteiger partial charge in [-0.15, -0.1) is 0 Å². The molecule has 24 heavy (non-hydrogen) atoms. The molecule has 0 unspecified atom stereocenters. The number of amides is 1. The Labute approximate surface area is 137 Å². The number of carbonyl (C=O) groups excluding carboxylic acids is 1. The Kier molecular flexibility index (Phi) is 4.65. The van der Waals surface area contributed by atoms with Crippen LogP contribution in [0.15, 0.2) is 36.4 Å². The fourth-order valence-electron chi connectivity index (χ4n) is 1.82. The summed E-state index contributed by atoms with van der Waals surface area (Å²) in [4.78, 5) is 21.2. The number of alkyl halides is 3. The Bertz CT molecular complexity index is 824. The van der Waals surface area contributed by atoms with Crippen molar-refractivity contribution in [3.8, 4) is 11.5 Å². The Morgan fingerprint density at radius 1 is 1.21 bits per heavy atom. The zero-order valence-corrected chi connectivity index (χ0v) is 12.4. The molecule has 0 radical (unpaired) electrons. The number of nitrogens with two attached hydrogens (primary N) is 1. The predicted molar refractivity (Wildman–Crippen MR) is 78.1 cm³/mol. The molecule has 10 heteroatoms. The second-order valence-corrected chi connectivity index (χ2v) is 4.95. The monoisotopic (exact) mass is 360 g/mol. The van der Waals surface area contributed by atoms with Crippen molar-refractivity contribution in [1.82, 2.24) is 0 Å². The van der Waals surface area contributed by atoms with Gasteiger partial charge in [0.15, 0.2) is 0 Å². The van der Waals surface area contributed by atoms with Crippen LogP contribution in [-0.2, 0) is 6.18 Å². The van der Waals surface area contributed by atoms with E-state index in [0.717, 1.165) is 24.3 Å². The number of halogens is 4. The van der Waals surface area contributed by atoms with E-state index in [1.54, 1.807) is 0 Å². The molecule has 0 aromatic heterocycles. The Morgan fingerprint density at radius 3 is 2.38 bits per heavy atom. The summed E-state index contributed by atoms with van der Waals surface area (Å²) in [5.41, 5.74) is 3.14. The second kappa shape index (κ2) is 6.36. The van der Waals surface area contributed by atoms with Crippen LogP contribution in [0, 0.1) is 10.1 Å². The molecule has 2 N–H and O–H groups in total. The van der Waals surface area contributed by atoms with Crippen LogP contribution < -0.4 is 10.5 Å². The van der Waals surface area contributed by atoms with Gasteiger partial charge in [-0.1, -0.05) is 11.6 Å². The predicted octanol–water partition coefficient (Wildman–Crippen LogP) is 4.16. The van der Waals surface area contributed by atoms with Gasteiger partial charge in [-0.25, -0.2) is 0 Å². The lowest BCUT2D eigenvalue weighted by atomic mass is 10.1. The largest absolute Gasteiger partial charge is 0.456 e. The van der Waals surface area contributed by atoms with Crippen LogP contribution in [0.1, 0.15) is 15.9 Å². The number of carbonyl (C=O) groups is 1. The van der Waals surface area contributed by atoms with Crippen LogP contribution in [0.4, 0.5) is 18.9 Å². The van der Waals surface area contributed by atoms with E-state index in [4.69, 9.17) is 22.1 Å². The summed E-state index contributed by atoms with van der Waals surface area (Å²) < 4.78 is 43.0. The van der Waals surface area contributed by atoms with Crippen LogP contribution >= 0.6 is 11.6 Å². The van der Waals surface area contributed by atoms with E-state index in [-0.39, 0.29) is 22.1 Å². The van der Waals surface area contributed by atoms with Crippen molar-refractivity contribution in [2.24, 2.45) is 5.73 Å². The molecular weight excluding hydrogens is 353 g/mol. The van der Waals surface area contributed by atoms with Crippen molar-refractivity contribution in [2.45, 2.75) is 6.18 Å². The lowest BCUT2D eigenvalue weighted by Gasteiger charge is -2.11. The number of ether oxygens (including phenoxy) is 1. The van der Waals surface area contributed by atoms with Crippen molar-refractivity contribution >= 4 is 23.2 Å². The third kappa shape index (κ3) is 3.74. The van der Waals surface area contributed by atoms with Gasteiger partial charge in [0.1, 0.15) is 17.1 Å². The van der Waals surface area contributed by atoms with E-state index in [9.17, 15) is 28.1 Å². The molecular formula is C14H8ClF3N2O4. The highest BCUT2D eigenvalue weighted by Gasteiger charge is 2.31. The maximum absolute atomic E-state index is 12.6. The highest BCUT2D eigenvalue weighted by molar-refractivity contribution is 6.32. The number of hydrogen-bond donors (Lipinski definition) is 1. The lowest BCUT2D eigenvalue weighted by molar-refractivity contribution is -0.385. The minimum absolute atomic E-state index is 0.0895. The summed E-state index contributed by atoms with van der Waals surface area (Å²) in [6, 6.07) is 5.62. The average molecular weight is 361 g/mol. The van der Waals surface area contributed by atoms with Gasteiger partial charge in [0, 0.05) is 0 Å². The van der Waals surface area contributed by atoms with Gasteiger partial charge < -0.3 is 10.5 Å². The third-order valence-corrected chi connectivity index (χ3v) is 3.21. The molecule has 0 atom stereocenters. The fourth-order valence-corrected chi connectivity index (χ4v) is 2.04. The Morgan fingerprint density at radius 2 is 1.88 bits per heavy atom. The second-order valence-electron chi connectivity index (χ2n) is 4.55. The van der Waals surface area contributed by atoms with Gasteiger partial charge in [-0.05, 0) is 30.3 Å². The SMILES string of the molecule is NC(=O)c1ccc(Oc2ccc(C(F)(F)F)cc2Cl)cc1[N+](=O)[O-]. The minimum Gasteiger partial charge on any atom is -0.456 e. The normalized spacial score (nSPS) is 11.2. The van der Waals surface area contributed by atoms with Crippen LogP contribution in [0.5, 0.6) is 11.5 Å². The first-order chi connectivity index (χ1) is 11.1. The number of rotatable bonds is 4. The van der Waals surface area contributed by atoms with Crippen molar-refractivity contribution in [3.63, 3.8) is 0 Å². The van der Waals surface area contributed by atoms with E-state index in [0.29, 0.717) is 6.07 Å². The molecule has 0 aliphatic carbocycles. The molecule has 126 valence electrons. The summed E-state index contributed by atoms with van der Waals surface area (Å²) in [7, 11) is 0. The minimum atomic E-state index is -4.57. The zero-order chi connectivity index (χ0) is 18.1. The molecule has 2 rings (SSSR count). The van der Waals surface area contributed by atoms with Crippen molar-refractivity contribution in [1.29, 1.82) is 0 Å². The van der Waals surface area contributed by atoms with Crippen LogP contribution in [-0.4, -0.2) is 10.8 Å². The van der Waals surface area contributed by atoms with Gasteiger partial charge in [-0.3, -0.25) is 14.9 Å². The first kappa shape index (κ1) is 17.5. The van der Waals surface area contributed by atoms with Gasteiger partial charge in [0.2, 0.25) is 0 Å². The first-order valence-electron chi connectivity index (χ1n) is 6.22. The molecule has 2 aromatic rings. The number of nitrogens with zero attached hydrogens (tertiary/aromatic N) is 1. The number of nitro benzene ring substituents is 1. The van der Waals surface area contributed by atoms with Crippen molar-refractivity contribution in [2.75, 3.05) is 0 Å². The van der Waals surface area contributed by atoms with Gasteiger partial charge in [0.25, 0.3) is 11.6 Å². The number of benzene rings is 2. The molecule has 0 bridgehead atoms. The molecule has 6 nitrogen and oxygen atoms in total. The molecule has 0 saturated carbocycles. The van der Waals surface area contributed by atoms with Crippen LogP contribution in [0.2, 0.25) is 5.02 Å². The van der Waals surface area contributed by atoms with E-state index in [1.807, 2.05) is 0 Å². The maximum Gasteiger partial charge on any atom is 0.416 e. The summed E-state index contributed by atoms with van der Waals surface area (Å²) in [5.74, 6) is -1.22. The quantitative estimate of drug-likeness (QED) is 0.654. The number of hydrogen-bond acceptors (Lipinski definition) is 4. The smallest absolute Gasteiger partial charge is 0.416 e. The third-order valence-electron chi connectivity index (χ3n) is 2.92. The molecule has 0 fully saturated rings. The first-order valence-corrected chi connectivity index (χ1v) is 6.60. The molecule has 0 spiro atoms. The zero-order valence-electron chi connectivity index (χ0n) is 11.6. The van der Waals surface area contributed by atoms with Crippen molar-refractivity contribution < 1.29 is 27.6 Å². The molecule has 0 aliphatic heterocycles. The number of nitro groups is 1. The van der Waals surface area contributed by atoms with Gasteiger partial charge in [-0.2, -0.15) is 13.2 Å². The average Bonchev–Trinajstić information content (AvgIpc) is 2.47. The highest BCUT2D eigenvalue weighted by Crippen LogP contribution is 2.37. The number of primary amides is 1. The molecule has 0 aliphatic rings. The molecule has 0 heterocycles. The summed E-state index contributed by atoms with van der Waals surface area (Å²) in [6.45, 7) is 0. The molecule has 1 amide bonds. The van der Waals surface area contributed by atoms with E-state index in [2.05, 4.69) is 0 Å².